The summed E-state index contributed by atoms with van der Waals surface area (Å²) in [4.78, 5) is 9.52. The van der Waals surface area contributed by atoms with Gasteiger partial charge in [-0.05, 0) is 17.7 Å². The molecule has 6 heteroatoms. The van der Waals surface area contributed by atoms with Crippen LogP contribution in [0.25, 0.3) is 16.6 Å². The molecule has 6 nitrogen and oxygen atoms in total. The second-order valence-electron chi connectivity index (χ2n) is 5.98. The lowest BCUT2D eigenvalue weighted by Gasteiger charge is -2.18. The van der Waals surface area contributed by atoms with Crippen molar-refractivity contribution in [3.05, 3.63) is 65.7 Å². The quantitative estimate of drug-likeness (QED) is 0.683. The van der Waals surface area contributed by atoms with Gasteiger partial charge in [-0.2, -0.15) is 0 Å². The number of aliphatic hydroxyl groups is 1. The van der Waals surface area contributed by atoms with Gasteiger partial charge >= 0.3 is 0 Å². The molecule has 0 amide bonds. The maximum absolute atomic E-state index is 10.4. The Morgan fingerprint density at radius 2 is 2.04 bits per heavy atom. The number of aromatic amines is 1. The number of hydrogen-bond acceptors (Lipinski definition) is 4. The van der Waals surface area contributed by atoms with E-state index < -0.39 is 0 Å². The van der Waals surface area contributed by atoms with Gasteiger partial charge < -0.3 is 19.7 Å². The maximum atomic E-state index is 10.4. The van der Waals surface area contributed by atoms with Crippen molar-refractivity contribution in [3.8, 4) is 5.75 Å². The van der Waals surface area contributed by atoms with Crippen LogP contribution in [0.5, 0.6) is 5.75 Å². The van der Waals surface area contributed by atoms with Crippen molar-refractivity contribution in [1.82, 2.24) is 14.9 Å². The molecule has 25 heavy (non-hydrogen) atoms. The molecule has 4 rings (SSSR count). The van der Waals surface area contributed by atoms with Crippen molar-refractivity contribution in [2.45, 2.75) is 6.54 Å². The van der Waals surface area contributed by atoms with E-state index in [9.17, 15) is 5.11 Å². The number of rotatable bonds is 4. The molecule has 0 spiro atoms. The predicted octanol–water partition coefficient (Wildman–Crippen LogP) is 3.33. The highest BCUT2D eigenvalue weighted by atomic mass is 16.5. The number of nitrogens with one attached hydrogen (secondary N) is 2. The first-order valence-corrected chi connectivity index (χ1v) is 8.00. The number of methoxy groups -OCH3 is 1. The average molecular weight is 334 g/mol. The average Bonchev–Trinajstić information content (AvgIpc) is 3.15. The van der Waals surface area contributed by atoms with Crippen LogP contribution in [0.1, 0.15) is 11.4 Å². The van der Waals surface area contributed by atoms with E-state index in [1.54, 1.807) is 7.11 Å². The van der Waals surface area contributed by atoms with Crippen LogP contribution < -0.4 is 4.74 Å². The minimum absolute atomic E-state index is 0.159. The first-order chi connectivity index (χ1) is 12.2. The molecular formula is C19H18N4O2. The third kappa shape index (κ3) is 2.71. The highest BCUT2D eigenvalue weighted by Crippen LogP contribution is 2.29. The van der Waals surface area contributed by atoms with Crippen LogP contribution >= 0.6 is 0 Å². The fraction of sp³-hybridized carbons (Fsp3) is 0.158. The second-order valence-corrected chi connectivity index (χ2v) is 5.98. The summed E-state index contributed by atoms with van der Waals surface area (Å²) in [7, 11) is 1.61. The third-order valence-corrected chi connectivity index (χ3v) is 4.32. The van der Waals surface area contributed by atoms with Crippen molar-refractivity contribution in [2.24, 2.45) is 0 Å². The molecule has 0 aliphatic carbocycles. The number of nitrogens with zero attached hydrogens (tertiary/aromatic N) is 2. The smallest absolute Gasteiger partial charge is 0.145 e. The molecular weight excluding hydrogens is 316 g/mol. The van der Waals surface area contributed by atoms with E-state index in [2.05, 4.69) is 9.97 Å². The molecule has 0 bridgehead atoms. The Morgan fingerprint density at radius 1 is 1.24 bits per heavy atom. The lowest BCUT2D eigenvalue weighted by Crippen LogP contribution is -2.26. The van der Waals surface area contributed by atoms with Crippen LogP contribution in [0.15, 0.2) is 54.3 Å². The molecule has 126 valence electrons. The summed E-state index contributed by atoms with van der Waals surface area (Å²) >= 11 is 0. The molecule has 0 atom stereocenters. The summed E-state index contributed by atoms with van der Waals surface area (Å²) in [5, 5.41) is 18.9. The third-order valence-electron chi connectivity index (χ3n) is 4.32. The van der Waals surface area contributed by atoms with Crippen LogP contribution in [0, 0.1) is 5.41 Å². The monoisotopic (exact) mass is 334 g/mol. The summed E-state index contributed by atoms with van der Waals surface area (Å²) in [5.74, 6) is 1.66. The Morgan fingerprint density at radius 3 is 2.80 bits per heavy atom. The molecule has 1 aromatic heterocycles. The van der Waals surface area contributed by atoms with E-state index in [0.717, 1.165) is 22.3 Å². The van der Waals surface area contributed by atoms with Crippen molar-refractivity contribution < 1.29 is 9.84 Å². The van der Waals surface area contributed by atoms with Crippen molar-refractivity contribution in [3.63, 3.8) is 0 Å². The van der Waals surface area contributed by atoms with E-state index in [1.165, 1.54) is 0 Å². The number of H-pyrrole nitrogens is 1. The molecule has 2 heterocycles. The number of benzene rings is 2. The summed E-state index contributed by atoms with van der Waals surface area (Å²) in [6.45, 7) is 0.880. The summed E-state index contributed by atoms with van der Waals surface area (Å²) in [6.07, 6.45) is 0. The normalized spacial score (nSPS) is 14.6. The molecule has 2 aromatic carbocycles. The van der Waals surface area contributed by atoms with E-state index in [-0.39, 0.29) is 11.6 Å². The van der Waals surface area contributed by atoms with Gasteiger partial charge in [0.2, 0.25) is 0 Å². The van der Waals surface area contributed by atoms with Crippen LogP contribution in [0.4, 0.5) is 0 Å². The molecule has 1 aliphatic rings. The Balaban J connectivity index is 1.63. The van der Waals surface area contributed by atoms with Gasteiger partial charge in [0.05, 0.1) is 30.3 Å². The minimum atomic E-state index is 0.159. The Labute approximate surface area is 144 Å². The molecule has 0 saturated carbocycles. The maximum Gasteiger partial charge on any atom is 0.145 e. The van der Waals surface area contributed by atoms with Crippen molar-refractivity contribution in [2.75, 3.05) is 13.7 Å². The first-order valence-electron chi connectivity index (χ1n) is 8.00. The zero-order valence-corrected chi connectivity index (χ0v) is 13.8. The Hall–Kier alpha value is -3.28. The highest BCUT2D eigenvalue weighted by molar-refractivity contribution is 6.23. The van der Waals surface area contributed by atoms with E-state index in [4.69, 9.17) is 10.1 Å². The second kappa shape index (κ2) is 5.98. The number of aromatic nitrogens is 2. The van der Waals surface area contributed by atoms with Gasteiger partial charge in [0, 0.05) is 12.6 Å². The zero-order valence-electron chi connectivity index (χ0n) is 13.8. The molecule has 0 unspecified atom stereocenters. The van der Waals surface area contributed by atoms with Gasteiger partial charge in [-0.15, -0.1) is 0 Å². The van der Waals surface area contributed by atoms with Gasteiger partial charge in [-0.3, -0.25) is 5.41 Å². The lowest BCUT2D eigenvalue weighted by molar-refractivity contribution is 0.347. The Bertz CT molecular complexity index is 976. The van der Waals surface area contributed by atoms with Gasteiger partial charge in [-0.1, -0.05) is 30.3 Å². The van der Waals surface area contributed by atoms with Crippen LogP contribution in [0.2, 0.25) is 0 Å². The van der Waals surface area contributed by atoms with E-state index in [0.29, 0.717) is 24.5 Å². The van der Waals surface area contributed by atoms with E-state index in [1.807, 2.05) is 53.4 Å². The van der Waals surface area contributed by atoms with Gasteiger partial charge in [0.15, 0.2) is 0 Å². The number of imidazole rings is 1. The number of amidine groups is 1. The Kier molecular flexibility index (Phi) is 3.65. The van der Waals surface area contributed by atoms with E-state index >= 15 is 0 Å². The fourth-order valence-corrected chi connectivity index (χ4v) is 3.06. The molecule has 3 N–H and O–H groups in total. The first kappa shape index (κ1) is 15.3. The predicted molar refractivity (Wildman–Crippen MR) is 96.8 cm³/mol. The van der Waals surface area contributed by atoms with Crippen molar-refractivity contribution in [1.29, 1.82) is 5.41 Å². The molecule has 0 fully saturated rings. The summed E-state index contributed by atoms with van der Waals surface area (Å²) < 4.78 is 5.22. The van der Waals surface area contributed by atoms with Crippen LogP contribution in [-0.4, -0.2) is 39.5 Å². The van der Waals surface area contributed by atoms with Crippen LogP contribution in [0.3, 0.4) is 0 Å². The summed E-state index contributed by atoms with van der Waals surface area (Å²) in [5.41, 5.74) is 3.12. The van der Waals surface area contributed by atoms with Crippen LogP contribution in [-0.2, 0) is 6.54 Å². The number of hydrogen-bond donors (Lipinski definition) is 3. The standard InChI is InChI=1S/C19H18N4O2/c1-25-13-7-8-14-15(9-13)22-19(21-14)17-16(24)11-23(18(17)20)10-12-5-3-2-4-6-12/h2-9,20,24H,10-11H2,1H3,(H,21,22). The molecule has 3 aromatic rings. The molecule has 0 saturated heterocycles. The highest BCUT2D eigenvalue weighted by Gasteiger charge is 2.30. The van der Waals surface area contributed by atoms with Gasteiger partial charge in [0.25, 0.3) is 0 Å². The largest absolute Gasteiger partial charge is 0.510 e. The number of fused-ring (bicyclic) bond motifs is 1. The molecule has 1 aliphatic heterocycles. The molecule has 0 radical (unpaired) electrons. The minimum Gasteiger partial charge on any atom is -0.510 e. The topological polar surface area (TPSA) is 85.2 Å². The number of ether oxygens (including phenoxy) is 1. The van der Waals surface area contributed by atoms with Crippen molar-refractivity contribution >= 4 is 22.4 Å². The lowest BCUT2D eigenvalue weighted by atomic mass is 10.2. The zero-order chi connectivity index (χ0) is 17.4. The summed E-state index contributed by atoms with van der Waals surface area (Å²) in [6, 6.07) is 15.5. The SMILES string of the molecule is COc1ccc2nc(C3=C(O)CN(Cc4ccccc4)C3=N)[nH]c2c1. The number of aliphatic hydroxyl groups excluding tert-OH is 1. The van der Waals surface area contributed by atoms with Gasteiger partial charge in [0.1, 0.15) is 23.2 Å². The fourth-order valence-electron chi connectivity index (χ4n) is 3.06. The van der Waals surface area contributed by atoms with Gasteiger partial charge in [-0.25, -0.2) is 4.98 Å².